The van der Waals surface area contributed by atoms with Crippen molar-refractivity contribution in [3.63, 3.8) is 0 Å². The maximum Gasteiger partial charge on any atom is 0.310 e. The maximum absolute atomic E-state index is 11.3. The van der Waals surface area contributed by atoms with E-state index in [4.69, 9.17) is 4.74 Å². The first-order valence-corrected chi connectivity index (χ1v) is 6.35. The van der Waals surface area contributed by atoms with Crippen LogP contribution in [0.4, 0.5) is 5.00 Å². The molecule has 0 bridgehead atoms. The molecule has 0 aliphatic rings. The van der Waals surface area contributed by atoms with Gasteiger partial charge in [0.15, 0.2) is 0 Å². The second-order valence-electron chi connectivity index (χ2n) is 3.11. The van der Waals surface area contributed by atoms with Crippen LogP contribution in [-0.4, -0.2) is 19.6 Å². The first-order valence-electron chi connectivity index (χ1n) is 4.74. The number of thiophene rings is 1. The minimum absolute atomic E-state index is 0.0733. The molecule has 0 saturated carbocycles. The summed E-state index contributed by atoms with van der Waals surface area (Å²) in [7, 11) is 1.42. The Balaban J connectivity index is 2.44. The summed E-state index contributed by atoms with van der Waals surface area (Å²) in [6.07, 6.45) is 0.784. The molecule has 84 valence electrons. The highest BCUT2D eigenvalue weighted by Crippen LogP contribution is 2.26. The fourth-order valence-electron chi connectivity index (χ4n) is 1.19. The molecule has 0 saturated heterocycles. The van der Waals surface area contributed by atoms with E-state index < -0.39 is 0 Å². The minimum Gasteiger partial charge on any atom is -0.469 e. The Morgan fingerprint density at radius 1 is 1.67 bits per heavy atom. The Morgan fingerprint density at radius 2 is 2.40 bits per heavy atom. The summed E-state index contributed by atoms with van der Waals surface area (Å²) >= 11 is 5.00. The van der Waals surface area contributed by atoms with Gasteiger partial charge in [-0.25, -0.2) is 0 Å². The van der Waals surface area contributed by atoms with Gasteiger partial charge < -0.3 is 10.1 Å². The highest BCUT2D eigenvalue weighted by atomic mass is 79.9. The van der Waals surface area contributed by atoms with Gasteiger partial charge in [-0.3, -0.25) is 4.79 Å². The number of carbonyl (C=O) groups excluding carboxylic acids is 1. The van der Waals surface area contributed by atoms with Gasteiger partial charge in [-0.2, -0.15) is 0 Å². The number of anilines is 1. The number of esters is 1. The van der Waals surface area contributed by atoms with Gasteiger partial charge in [-0.1, -0.05) is 6.92 Å². The van der Waals surface area contributed by atoms with E-state index in [1.165, 1.54) is 7.11 Å². The molecular formula is C10H14BrNO2S. The molecule has 1 heterocycles. The Morgan fingerprint density at radius 3 is 2.87 bits per heavy atom. The fourth-order valence-corrected chi connectivity index (χ4v) is 2.49. The monoisotopic (exact) mass is 291 g/mol. The van der Waals surface area contributed by atoms with Crippen molar-refractivity contribution in [3.05, 3.63) is 15.9 Å². The van der Waals surface area contributed by atoms with E-state index in [-0.39, 0.29) is 11.9 Å². The van der Waals surface area contributed by atoms with Crippen LogP contribution in [0.2, 0.25) is 0 Å². The molecule has 0 aliphatic carbocycles. The van der Waals surface area contributed by atoms with E-state index in [0.29, 0.717) is 6.54 Å². The van der Waals surface area contributed by atoms with E-state index in [2.05, 4.69) is 21.2 Å². The van der Waals surface area contributed by atoms with Crippen molar-refractivity contribution in [2.45, 2.75) is 13.3 Å². The number of nitrogens with one attached hydrogen (secondary N) is 1. The van der Waals surface area contributed by atoms with Gasteiger partial charge in [0, 0.05) is 6.54 Å². The van der Waals surface area contributed by atoms with Crippen molar-refractivity contribution in [1.29, 1.82) is 0 Å². The maximum atomic E-state index is 11.3. The molecule has 1 aromatic heterocycles. The van der Waals surface area contributed by atoms with Crippen molar-refractivity contribution >= 4 is 38.2 Å². The molecule has 1 rings (SSSR count). The molecule has 0 spiro atoms. The first-order chi connectivity index (χ1) is 7.17. The Kier molecular flexibility index (Phi) is 5.11. The molecule has 15 heavy (non-hydrogen) atoms. The second-order valence-corrected chi connectivity index (χ2v) is 5.58. The number of rotatable bonds is 5. The molecule has 0 radical (unpaired) electrons. The number of halogens is 1. The largest absolute Gasteiger partial charge is 0.469 e. The molecule has 1 atom stereocenters. The standard InChI is InChI=1S/C10H14BrNO2S/c1-3-7(10(13)14-2)6-12-9-5-4-8(11)15-9/h4-5,7,12H,3,6H2,1-2H3. The third-order valence-electron chi connectivity index (χ3n) is 2.12. The van der Waals surface area contributed by atoms with Crippen LogP contribution in [0.25, 0.3) is 0 Å². The lowest BCUT2D eigenvalue weighted by atomic mass is 10.1. The van der Waals surface area contributed by atoms with Gasteiger partial charge >= 0.3 is 5.97 Å². The quantitative estimate of drug-likeness (QED) is 0.847. The lowest BCUT2D eigenvalue weighted by Gasteiger charge is -2.12. The van der Waals surface area contributed by atoms with Crippen LogP contribution < -0.4 is 5.32 Å². The van der Waals surface area contributed by atoms with E-state index in [0.717, 1.165) is 15.2 Å². The van der Waals surface area contributed by atoms with E-state index in [1.807, 2.05) is 19.1 Å². The Labute approximate surface area is 102 Å². The van der Waals surface area contributed by atoms with Crippen molar-refractivity contribution in [3.8, 4) is 0 Å². The van der Waals surface area contributed by atoms with E-state index in [1.54, 1.807) is 11.3 Å². The highest BCUT2D eigenvalue weighted by Gasteiger charge is 2.16. The van der Waals surface area contributed by atoms with Crippen molar-refractivity contribution in [1.82, 2.24) is 0 Å². The van der Waals surface area contributed by atoms with Gasteiger partial charge in [0.1, 0.15) is 0 Å². The van der Waals surface area contributed by atoms with Crippen LogP contribution in [0.3, 0.4) is 0 Å². The summed E-state index contributed by atoms with van der Waals surface area (Å²) in [5.74, 6) is -0.225. The molecule has 0 amide bonds. The van der Waals surface area contributed by atoms with Gasteiger partial charge in [0.2, 0.25) is 0 Å². The minimum atomic E-state index is -0.152. The normalized spacial score (nSPS) is 12.2. The SMILES string of the molecule is CCC(CNc1ccc(Br)s1)C(=O)OC. The molecule has 3 nitrogen and oxygen atoms in total. The van der Waals surface area contributed by atoms with Crippen LogP contribution in [0.15, 0.2) is 15.9 Å². The van der Waals surface area contributed by atoms with Gasteiger partial charge in [-0.15, -0.1) is 11.3 Å². The Bertz CT molecular complexity index is 327. The number of hydrogen-bond acceptors (Lipinski definition) is 4. The summed E-state index contributed by atoms with van der Waals surface area (Å²) in [6.45, 7) is 2.60. The average Bonchev–Trinajstić information content (AvgIpc) is 2.64. The van der Waals surface area contributed by atoms with Crippen LogP contribution in [0, 0.1) is 5.92 Å². The molecule has 0 aliphatic heterocycles. The topological polar surface area (TPSA) is 38.3 Å². The number of ether oxygens (including phenoxy) is 1. The van der Waals surface area contributed by atoms with Crippen LogP contribution in [-0.2, 0) is 9.53 Å². The third kappa shape index (κ3) is 3.83. The molecule has 5 heteroatoms. The van der Waals surface area contributed by atoms with Gasteiger partial charge in [0.05, 0.1) is 21.8 Å². The molecule has 1 N–H and O–H groups in total. The molecule has 0 aromatic carbocycles. The van der Waals surface area contributed by atoms with Crippen LogP contribution in [0.5, 0.6) is 0 Å². The van der Waals surface area contributed by atoms with E-state index in [9.17, 15) is 4.79 Å². The van der Waals surface area contributed by atoms with Crippen molar-refractivity contribution in [2.24, 2.45) is 5.92 Å². The lowest BCUT2D eigenvalue weighted by molar-refractivity contribution is -0.145. The number of carbonyl (C=O) groups is 1. The fraction of sp³-hybridized carbons (Fsp3) is 0.500. The van der Waals surface area contributed by atoms with Crippen molar-refractivity contribution < 1.29 is 9.53 Å². The summed E-state index contributed by atoms with van der Waals surface area (Å²) in [4.78, 5) is 11.3. The van der Waals surface area contributed by atoms with Gasteiger partial charge in [-0.05, 0) is 34.5 Å². The molecule has 1 aromatic rings. The molecule has 1 unspecified atom stereocenters. The van der Waals surface area contributed by atoms with Gasteiger partial charge in [0.25, 0.3) is 0 Å². The third-order valence-corrected chi connectivity index (χ3v) is 3.70. The molecule has 0 fully saturated rings. The highest BCUT2D eigenvalue weighted by molar-refractivity contribution is 9.11. The van der Waals surface area contributed by atoms with Crippen LogP contribution >= 0.6 is 27.3 Å². The zero-order chi connectivity index (χ0) is 11.3. The first kappa shape index (κ1) is 12.5. The summed E-state index contributed by atoms with van der Waals surface area (Å²) in [6, 6.07) is 3.96. The zero-order valence-electron chi connectivity index (χ0n) is 8.75. The smallest absolute Gasteiger partial charge is 0.310 e. The zero-order valence-corrected chi connectivity index (χ0v) is 11.2. The Hall–Kier alpha value is -0.550. The number of hydrogen-bond donors (Lipinski definition) is 1. The second kappa shape index (κ2) is 6.12. The average molecular weight is 292 g/mol. The molecular weight excluding hydrogens is 278 g/mol. The predicted molar refractivity (Wildman–Crippen MR) is 66.3 cm³/mol. The lowest BCUT2D eigenvalue weighted by Crippen LogP contribution is -2.23. The number of methoxy groups -OCH3 is 1. The van der Waals surface area contributed by atoms with Crippen LogP contribution in [0.1, 0.15) is 13.3 Å². The predicted octanol–water partition coefficient (Wildman–Crippen LogP) is 3.12. The van der Waals surface area contributed by atoms with Crippen molar-refractivity contribution in [2.75, 3.05) is 19.0 Å². The van der Waals surface area contributed by atoms with E-state index >= 15 is 0 Å². The summed E-state index contributed by atoms with van der Waals surface area (Å²) < 4.78 is 5.79. The summed E-state index contributed by atoms with van der Waals surface area (Å²) in [5, 5.41) is 4.28. The summed E-state index contributed by atoms with van der Waals surface area (Å²) in [5.41, 5.74) is 0.